The number of halogens is 2. The quantitative estimate of drug-likeness (QED) is 0.173. The molecular weight excluding hydrogens is 510 g/mol. The van der Waals surface area contributed by atoms with Crippen LogP contribution in [0.3, 0.4) is 0 Å². The number of hydrogen-bond acceptors (Lipinski definition) is 6. The summed E-state index contributed by atoms with van der Waals surface area (Å²) in [6.45, 7) is 6.35. The maximum atomic E-state index is 14.4. The van der Waals surface area contributed by atoms with Gasteiger partial charge in [-0.15, -0.1) is 0 Å². The molecule has 1 aliphatic rings. The van der Waals surface area contributed by atoms with E-state index in [0.29, 0.717) is 29.5 Å². The third kappa shape index (κ3) is 4.65. The number of aliphatic hydroxyl groups is 1. The average Bonchev–Trinajstić information content (AvgIpc) is 3.41. The van der Waals surface area contributed by atoms with Gasteiger partial charge in [-0.25, -0.2) is 13.8 Å². The Kier molecular flexibility index (Phi) is 6.71. The van der Waals surface area contributed by atoms with Crippen molar-refractivity contribution < 1.29 is 28.2 Å². The van der Waals surface area contributed by atoms with Crippen molar-refractivity contribution in [2.45, 2.75) is 26.8 Å². The number of rotatable bonds is 6. The third-order valence-electron chi connectivity index (χ3n) is 6.10. The normalized spacial score (nSPS) is 17.1. The van der Waals surface area contributed by atoms with Crippen LogP contribution >= 0.6 is 11.3 Å². The molecule has 0 aliphatic carbocycles. The highest BCUT2D eigenvalue weighted by Gasteiger charge is 2.48. The number of amides is 1. The molecule has 0 saturated carbocycles. The molecule has 38 heavy (non-hydrogen) atoms. The molecule has 0 radical (unpaired) electrons. The van der Waals surface area contributed by atoms with Gasteiger partial charge in [0.15, 0.2) is 10.9 Å². The van der Waals surface area contributed by atoms with Gasteiger partial charge < -0.3 is 9.84 Å². The summed E-state index contributed by atoms with van der Waals surface area (Å²) in [5, 5.41) is 11.4. The van der Waals surface area contributed by atoms with Crippen molar-refractivity contribution >= 4 is 44.1 Å². The minimum atomic E-state index is -1.04. The van der Waals surface area contributed by atoms with E-state index in [9.17, 15) is 23.5 Å². The molecule has 1 amide bonds. The molecule has 2 heterocycles. The summed E-state index contributed by atoms with van der Waals surface area (Å²) in [5.41, 5.74) is 1.50. The number of carbonyl (C=O) groups is 2. The minimum absolute atomic E-state index is 0.0196. The predicted molar refractivity (Wildman–Crippen MR) is 142 cm³/mol. The van der Waals surface area contributed by atoms with E-state index in [0.717, 1.165) is 27.9 Å². The van der Waals surface area contributed by atoms with E-state index in [4.69, 9.17) is 4.74 Å². The van der Waals surface area contributed by atoms with Gasteiger partial charge in [-0.3, -0.25) is 14.5 Å². The second-order valence-electron chi connectivity index (χ2n) is 9.55. The van der Waals surface area contributed by atoms with Crippen molar-refractivity contribution in [3.8, 4) is 5.75 Å². The number of nitrogens with zero attached hydrogens (tertiary/aromatic N) is 2. The van der Waals surface area contributed by atoms with Crippen molar-refractivity contribution in [3.05, 3.63) is 94.6 Å². The van der Waals surface area contributed by atoms with Crippen LogP contribution in [0, 0.1) is 24.5 Å². The van der Waals surface area contributed by atoms with Crippen LogP contribution < -0.4 is 9.64 Å². The van der Waals surface area contributed by atoms with Gasteiger partial charge in [-0.2, -0.15) is 0 Å². The summed E-state index contributed by atoms with van der Waals surface area (Å²) in [6.07, 6.45) is 0. The van der Waals surface area contributed by atoms with Crippen LogP contribution in [0.15, 0.2) is 66.2 Å². The first-order valence-electron chi connectivity index (χ1n) is 12.0. The van der Waals surface area contributed by atoms with E-state index >= 15 is 0 Å². The van der Waals surface area contributed by atoms with Crippen LogP contribution in [-0.4, -0.2) is 28.4 Å². The van der Waals surface area contributed by atoms with Crippen LogP contribution in [0.5, 0.6) is 5.75 Å². The summed E-state index contributed by atoms with van der Waals surface area (Å²) >= 11 is 0.890. The van der Waals surface area contributed by atoms with E-state index in [1.807, 2.05) is 26.8 Å². The minimum Gasteiger partial charge on any atom is -0.507 e. The van der Waals surface area contributed by atoms with Gasteiger partial charge in [0.25, 0.3) is 5.78 Å². The number of anilines is 1. The zero-order valence-corrected chi connectivity index (χ0v) is 21.7. The fourth-order valence-corrected chi connectivity index (χ4v) is 5.42. The van der Waals surface area contributed by atoms with Crippen LogP contribution in [0.25, 0.3) is 16.0 Å². The number of aryl methyl sites for hydroxylation is 1. The molecule has 1 aliphatic heterocycles. The Labute approximate surface area is 221 Å². The topological polar surface area (TPSA) is 79.7 Å². The molecule has 0 spiro atoms. The standard InChI is InChI=1S/C29H24F2N2O4S/c1-15(2)14-37-20-9-5-8-18(11-20)26(34)23-25(17-7-4-6-16(3)10-17)33(28(36)27(23)35)29-32-24-21(31)12-19(30)13-22(24)38-29/h4-13,15,25,34H,14H2,1-3H3/b26-23+. The van der Waals surface area contributed by atoms with Gasteiger partial charge in [0.1, 0.15) is 22.8 Å². The summed E-state index contributed by atoms with van der Waals surface area (Å²) in [6, 6.07) is 14.6. The van der Waals surface area contributed by atoms with E-state index in [1.54, 1.807) is 42.5 Å². The number of fused-ring (bicyclic) bond motifs is 1. The SMILES string of the molecule is Cc1cccc(C2/C(=C(\O)c3cccc(OCC(C)C)c3)C(=O)C(=O)N2c2nc3c(F)cc(F)cc3s2)c1. The molecule has 3 aromatic carbocycles. The first kappa shape index (κ1) is 25.5. The number of thiazole rings is 1. The van der Waals surface area contributed by atoms with Crippen LogP contribution in [0.1, 0.15) is 36.6 Å². The summed E-state index contributed by atoms with van der Waals surface area (Å²) < 4.78 is 34.3. The molecule has 1 unspecified atom stereocenters. The molecule has 1 fully saturated rings. The number of aliphatic hydroxyl groups excluding tert-OH is 1. The van der Waals surface area contributed by atoms with E-state index in [1.165, 1.54) is 0 Å². The maximum Gasteiger partial charge on any atom is 0.301 e. The Morgan fingerprint density at radius 1 is 1.11 bits per heavy atom. The number of benzene rings is 3. The highest BCUT2D eigenvalue weighted by molar-refractivity contribution is 7.22. The van der Waals surface area contributed by atoms with Crippen LogP contribution in [-0.2, 0) is 9.59 Å². The van der Waals surface area contributed by atoms with Gasteiger partial charge in [0.05, 0.1) is 22.9 Å². The van der Waals surface area contributed by atoms with Crippen LogP contribution in [0.4, 0.5) is 13.9 Å². The Morgan fingerprint density at radius 2 is 1.87 bits per heavy atom. The van der Waals surface area contributed by atoms with E-state index in [2.05, 4.69) is 4.98 Å². The Bertz CT molecular complexity index is 1610. The smallest absolute Gasteiger partial charge is 0.301 e. The van der Waals surface area contributed by atoms with E-state index < -0.39 is 29.4 Å². The molecule has 0 bridgehead atoms. The number of aromatic nitrogens is 1. The fraction of sp³-hybridized carbons (Fsp3) is 0.207. The van der Waals surface area contributed by atoms with Crippen molar-refractivity contribution in [2.24, 2.45) is 5.92 Å². The Morgan fingerprint density at radius 3 is 2.61 bits per heavy atom. The monoisotopic (exact) mass is 534 g/mol. The average molecular weight is 535 g/mol. The molecule has 1 aromatic heterocycles. The lowest BCUT2D eigenvalue weighted by molar-refractivity contribution is -0.132. The fourth-order valence-electron chi connectivity index (χ4n) is 4.39. The lowest BCUT2D eigenvalue weighted by atomic mass is 9.94. The van der Waals surface area contributed by atoms with E-state index in [-0.39, 0.29) is 32.6 Å². The second kappa shape index (κ2) is 9.98. The van der Waals surface area contributed by atoms with Crippen molar-refractivity contribution in [1.82, 2.24) is 4.98 Å². The number of hydrogen-bond donors (Lipinski definition) is 1. The predicted octanol–water partition coefficient (Wildman–Crippen LogP) is 6.54. The zero-order valence-electron chi connectivity index (χ0n) is 20.9. The molecule has 4 aromatic rings. The summed E-state index contributed by atoms with van der Waals surface area (Å²) in [5.74, 6) is -3.06. The first-order valence-corrected chi connectivity index (χ1v) is 12.8. The van der Waals surface area contributed by atoms with Gasteiger partial charge in [-0.05, 0) is 36.6 Å². The van der Waals surface area contributed by atoms with Gasteiger partial charge in [-0.1, -0.05) is 67.1 Å². The highest BCUT2D eigenvalue weighted by atomic mass is 32.1. The molecule has 1 saturated heterocycles. The molecule has 6 nitrogen and oxygen atoms in total. The lowest BCUT2D eigenvalue weighted by Crippen LogP contribution is -2.29. The Hall–Kier alpha value is -4.11. The number of Topliss-reactive ketones (excluding diaryl/α,β-unsaturated/α-hetero) is 1. The van der Waals surface area contributed by atoms with Gasteiger partial charge >= 0.3 is 5.91 Å². The van der Waals surface area contributed by atoms with Crippen molar-refractivity contribution in [1.29, 1.82) is 0 Å². The third-order valence-corrected chi connectivity index (χ3v) is 7.10. The first-order chi connectivity index (χ1) is 18.1. The number of ketones is 1. The van der Waals surface area contributed by atoms with Gasteiger partial charge in [0, 0.05) is 11.6 Å². The number of ether oxygens (including phenoxy) is 1. The molecule has 1 atom stereocenters. The highest BCUT2D eigenvalue weighted by Crippen LogP contribution is 2.45. The van der Waals surface area contributed by atoms with Crippen LogP contribution in [0.2, 0.25) is 0 Å². The largest absolute Gasteiger partial charge is 0.507 e. The number of carbonyl (C=O) groups excluding carboxylic acids is 2. The molecule has 5 rings (SSSR count). The molecule has 194 valence electrons. The summed E-state index contributed by atoms with van der Waals surface area (Å²) in [4.78, 5) is 32.2. The van der Waals surface area contributed by atoms with Crippen molar-refractivity contribution in [3.63, 3.8) is 0 Å². The second-order valence-corrected chi connectivity index (χ2v) is 10.6. The Balaban J connectivity index is 1.68. The molecule has 1 N–H and O–H groups in total. The molecular formula is C29H24F2N2O4S. The van der Waals surface area contributed by atoms with Crippen molar-refractivity contribution in [2.75, 3.05) is 11.5 Å². The van der Waals surface area contributed by atoms with Gasteiger partial charge in [0.2, 0.25) is 0 Å². The zero-order chi connectivity index (χ0) is 27.1. The lowest BCUT2D eigenvalue weighted by Gasteiger charge is -2.23. The summed E-state index contributed by atoms with van der Waals surface area (Å²) in [7, 11) is 0. The maximum absolute atomic E-state index is 14.4. The molecule has 9 heteroatoms.